The minimum Gasteiger partial charge on any atom is -0.399 e. The molecule has 8 rings (SSSR count). The van der Waals surface area contributed by atoms with Crippen molar-refractivity contribution in [3.8, 4) is 33.5 Å². The molecule has 0 saturated carbocycles. The van der Waals surface area contributed by atoms with Crippen molar-refractivity contribution >= 4 is 44.9 Å². The van der Waals surface area contributed by atoms with Crippen molar-refractivity contribution in [3.05, 3.63) is 134 Å². The van der Waals surface area contributed by atoms with E-state index in [-0.39, 0.29) is 0 Å². The van der Waals surface area contributed by atoms with Crippen LogP contribution < -0.4 is 5.46 Å². The van der Waals surface area contributed by atoms with Crippen LogP contribution in [0.4, 0.5) is 0 Å². The Kier molecular flexibility index (Phi) is 6.42. The van der Waals surface area contributed by atoms with Gasteiger partial charge in [0.1, 0.15) is 0 Å². The molecule has 0 atom stereocenters. The molecule has 0 radical (unpaired) electrons. The summed E-state index contributed by atoms with van der Waals surface area (Å²) in [7, 11) is -0.440. The molecular formula is C41H34BNO2. The van der Waals surface area contributed by atoms with E-state index in [1.165, 1.54) is 54.6 Å². The average molecular weight is 584 g/mol. The van der Waals surface area contributed by atoms with Crippen LogP contribution in [0.1, 0.15) is 27.7 Å². The third-order valence-electron chi connectivity index (χ3n) is 9.76. The lowest BCUT2D eigenvalue weighted by molar-refractivity contribution is 0.00578. The Balaban J connectivity index is 1.23. The first-order valence-corrected chi connectivity index (χ1v) is 15.6. The number of benzene rings is 6. The SMILES string of the molecule is CC1(C)OB(c2ccc(-c3c4ccccc4c(-c4ccc(-c5ccc6ccccc6c5)cc4)c4ccccc34)nc2)OC1(C)C. The fraction of sp³-hybridized carbons (Fsp3) is 0.146. The lowest BCUT2D eigenvalue weighted by Crippen LogP contribution is -2.41. The van der Waals surface area contributed by atoms with Gasteiger partial charge in [-0.3, -0.25) is 4.98 Å². The summed E-state index contributed by atoms with van der Waals surface area (Å²) >= 11 is 0. The standard InChI is InChI=1S/C41H34BNO2/c1-40(2)41(3,4)45-42(44-40)32-23-24-37(43-26-32)39-35-15-9-7-13-33(35)38(34-14-8-10-16-36(34)39)29-20-17-28(18-21-29)31-22-19-27-11-5-6-12-30(27)25-31/h5-26H,1-4H3. The number of rotatable bonds is 4. The summed E-state index contributed by atoms with van der Waals surface area (Å²) in [4.78, 5) is 5.00. The van der Waals surface area contributed by atoms with Crippen LogP contribution >= 0.6 is 0 Å². The second-order valence-electron chi connectivity index (χ2n) is 13.0. The fourth-order valence-electron chi connectivity index (χ4n) is 6.59. The number of hydrogen-bond acceptors (Lipinski definition) is 3. The first-order valence-electron chi connectivity index (χ1n) is 15.6. The number of hydrogen-bond donors (Lipinski definition) is 0. The fourth-order valence-corrected chi connectivity index (χ4v) is 6.59. The van der Waals surface area contributed by atoms with Gasteiger partial charge in [-0.15, -0.1) is 0 Å². The zero-order valence-corrected chi connectivity index (χ0v) is 26.0. The van der Waals surface area contributed by atoms with Crippen molar-refractivity contribution in [1.29, 1.82) is 0 Å². The van der Waals surface area contributed by atoms with Crippen LogP contribution in [0.5, 0.6) is 0 Å². The minimum absolute atomic E-state index is 0.397. The molecule has 7 aromatic rings. The van der Waals surface area contributed by atoms with Crippen LogP contribution in [0.25, 0.3) is 65.8 Å². The molecular weight excluding hydrogens is 549 g/mol. The summed E-state index contributed by atoms with van der Waals surface area (Å²) in [6.45, 7) is 8.30. The molecule has 0 unspecified atom stereocenters. The molecule has 0 N–H and O–H groups in total. The molecule has 1 aliphatic heterocycles. The first-order chi connectivity index (χ1) is 21.8. The zero-order chi connectivity index (χ0) is 30.8. The molecule has 4 heteroatoms. The first kappa shape index (κ1) is 27.8. The van der Waals surface area contributed by atoms with Gasteiger partial charge in [0.2, 0.25) is 0 Å². The van der Waals surface area contributed by atoms with E-state index in [0.29, 0.717) is 0 Å². The largest absolute Gasteiger partial charge is 0.496 e. The summed E-state index contributed by atoms with van der Waals surface area (Å²) < 4.78 is 12.6. The Morgan fingerprint density at radius 1 is 0.489 bits per heavy atom. The van der Waals surface area contributed by atoms with Crippen LogP contribution in [0.15, 0.2) is 134 Å². The molecule has 0 amide bonds. The summed E-state index contributed by atoms with van der Waals surface area (Å²) in [6, 6.07) is 45.8. The van der Waals surface area contributed by atoms with Crippen molar-refractivity contribution in [1.82, 2.24) is 4.98 Å². The maximum atomic E-state index is 6.29. The Morgan fingerprint density at radius 3 is 1.58 bits per heavy atom. The highest BCUT2D eigenvalue weighted by molar-refractivity contribution is 6.62. The quantitative estimate of drug-likeness (QED) is 0.153. The predicted octanol–water partition coefficient (Wildman–Crippen LogP) is 9.84. The molecule has 0 aliphatic carbocycles. The minimum atomic E-state index is -0.440. The lowest BCUT2D eigenvalue weighted by atomic mass is 9.80. The lowest BCUT2D eigenvalue weighted by Gasteiger charge is -2.32. The molecule has 0 bridgehead atoms. The molecule has 45 heavy (non-hydrogen) atoms. The summed E-state index contributed by atoms with van der Waals surface area (Å²) in [5.74, 6) is 0. The van der Waals surface area contributed by atoms with Crippen LogP contribution in [-0.4, -0.2) is 23.3 Å². The van der Waals surface area contributed by atoms with Crippen LogP contribution in [0, 0.1) is 0 Å². The van der Waals surface area contributed by atoms with Crippen LogP contribution in [0.3, 0.4) is 0 Å². The van der Waals surface area contributed by atoms with Gasteiger partial charge in [-0.1, -0.05) is 115 Å². The van der Waals surface area contributed by atoms with Crippen molar-refractivity contribution in [2.45, 2.75) is 38.9 Å². The summed E-state index contributed by atoms with van der Waals surface area (Å²) in [5.41, 5.74) is 7.07. The molecule has 218 valence electrons. The molecule has 1 fully saturated rings. The smallest absolute Gasteiger partial charge is 0.399 e. The van der Waals surface area contributed by atoms with E-state index in [0.717, 1.165) is 16.7 Å². The van der Waals surface area contributed by atoms with Gasteiger partial charge in [0.15, 0.2) is 0 Å². The Morgan fingerprint density at radius 2 is 1.00 bits per heavy atom. The maximum Gasteiger partial charge on any atom is 0.496 e. The van der Waals surface area contributed by atoms with Gasteiger partial charge >= 0.3 is 7.12 Å². The van der Waals surface area contributed by atoms with Gasteiger partial charge in [-0.25, -0.2) is 0 Å². The van der Waals surface area contributed by atoms with Gasteiger partial charge in [-0.05, 0) is 94.4 Å². The zero-order valence-electron chi connectivity index (χ0n) is 26.0. The third-order valence-corrected chi connectivity index (χ3v) is 9.76. The summed E-state index contributed by atoms with van der Waals surface area (Å²) in [5, 5.41) is 7.29. The normalized spacial score (nSPS) is 15.7. The van der Waals surface area contributed by atoms with E-state index in [1.807, 2.05) is 6.20 Å². The maximum absolute atomic E-state index is 6.29. The number of nitrogens with zero attached hydrogens (tertiary/aromatic N) is 1. The number of aromatic nitrogens is 1. The molecule has 1 aliphatic rings. The Bertz CT molecular complexity index is 2150. The van der Waals surface area contributed by atoms with Crippen molar-refractivity contribution in [3.63, 3.8) is 0 Å². The van der Waals surface area contributed by atoms with E-state index < -0.39 is 18.3 Å². The van der Waals surface area contributed by atoms with Gasteiger partial charge in [0, 0.05) is 17.2 Å². The number of pyridine rings is 1. The Labute approximate surface area is 264 Å². The highest BCUT2D eigenvalue weighted by atomic mass is 16.7. The highest BCUT2D eigenvalue weighted by Crippen LogP contribution is 2.43. The Hall–Kier alpha value is -4.77. The summed E-state index contributed by atoms with van der Waals surface area (Å²) in [6.07, 6.45) is 1.90. The molecule has 2 heterocycles. The van der Waals surface area contributed by atoms with Crippen molar-refractivity contribution in [2.75, 3.05) is 0 Å². The van der Waals surface area contributed by atoms with E-state index >= 15 is 0 Å². The van der Waals surface area contributed by atoms with Crippen LogP contribution in [-0.2, 0) is 9.31 Å². The second-order valence-corrected chi connectivity index (χ2v) is 13.0. The topological polar surface area (TPSA) is 31.4 Å². The monoisotopic (exact) mass is 583 g/mol. The number of fused-ring (bicyclic) bond motifs is 3. The molecule has 3 nitrogen and oxygen atoms in total. The van der Waals surface area contributed by atoms with Gasteiger partial charge < -0.3 is 9.31 Å². The molecule has 0 spiro atoms. The predicted molar refractivity (Wildman–Crippen MR) is 189 cm³/mol. The van der Waals surface area contributed by atoms with Crippen LogP contribution in [0.2, 0.25) is 0 Å². The van der Waals surface area contributed by atoms with E-state index in [4.69, 9.17) is 14.3 Å². The molecule has 1 aromatic heterocycles. The second kappa shape index (κ2) is 10.4. The van der Waals surface area contributed by atoms with Gasteiger partial charge in [-0.2, -0.15) is 0 Å². The molecule has 6 aromatic carbocycles. The van der Waals surface area contributed by atoms with E-state index in [1.54, 1.807) is 0 Å². The van der Waals surface area contributed by atoms with Crippen molar-refractivity contribution in [2.24, 2.45) is 0 Å². The van der Waals surface area contributed by atoms with Crippen molar-refractivity contribution < 1.29 is 9.31 Å². The third kappa shape index (κ3) is 4.64. The van der Waals surface area contributed by atoms with E-state index in [9.17, 15) is 0 Å². The van der Waals surface area contributed by atoms with Gasteiger partial charge in [0.05, 0.1) is 16.9 Å². The highest BCUT2D eigenvalue weighted by Gasteiger charge is 2.51. The van der Waals surface area contributed by atoms with Gasteiger partial charge in [0.25, 0.3) is 0 Å². The average Bonchev–Trinajstić information content (AvgIpc) is 3.29. The molecule has 1 saturated heterocycles. The van der Waals surface area contributed by atoms with E-state index in [2.05, 4.69) is 155 Å².